The van der Waals surface area contributed by atoms with Crippen LogP contribution in [0.2, 0.25) is 0 Å². The molecule has 1 aliphatic heterocycles. The first-order valence-corrected chi connectivity index (χ1v) is 11.2. The molecule has 7 nitrogen and oxygen atoms in total. The Morgan fingerprint density at radius 3 is 2.44 bits per heavy atom. The third-order valence-electron chi connectivity index (χ3n) is 6.28. The van der Waals surface area contributed by atoms with Crippen LogP contribution < -0.4 is 10.6 Å². The summed E-state index contributed by atoms with van der Waals surface area (Å²) >= 11 is 0. The van der Waals surface area contributed by atoms with E-state index in [0.29, 0.717) is 11.4 Å². The van der Waals surface area contributed by atoms with Gasteiger partial charge in [0.15, 0.2) is 0 Å². The normalized spacial score (nSPS) is 16.3. The predicted molar refractivity (Wildman–Crippen MR) is 128 cm³/mol. The third kappa shape index (κ3) is 4.64. The Labute approximate surface area is 189 Å². The molecule has 32 heavy (non-hydrogen) atoms. The summed E-state index contributed by atoms with van der Waals surface area (Å²) in [5, 5.41) is 10.1. The highest BCUT2D eigenvalue weighted by Crippen LogP contribution is 2.25. The molecule has 1 unspecified atom stereocenters. The van der Waals surface area contributed by atoms with Crippen LogP contribution in [0, 0.1) is 0 Å². The zero-order chi connectivity index (χ0) is 22.9. The predicted octanol–water partition coefficient (Wildman–Crippen LogP) is 2.82. The molecule has 7 heteroatoms. The lowest BCUT2D eigenvalue weighted by molar-refractivity contribution is 0.0738. The summed E-state index contributed by atoms with van der Waals surface area (Å²) in [7, 11) is 2.16. The molecule has 1 atom stereocenters. The fraction of sp³-hybridized carbons (Fsp3) is 0.440. The van der Waals surface area contributed by atoms with E-state index in [1.807, 2.05) is 12.3 Å². The molecule has 1 fully saturated rings. The van der Waals surface area contributed by atoms with Gasteiger partial charge in [-0.3, -0.25) is 14.1 Å². The Kier molecular flexibility index (Phi) is 6.22. The van der Waals surface area contributed by atoms with Crippen molar-refractivity contribution >= 4 is 5.69 Å². The Morgan fingerprint density at radius 2 is 1.78 bits per heavy atom. The van der Waals surface area contributed by atoms with Crippen LogP contribution in [0.4, 0.5) is 5.69 Å². The highest BCUT2D eigenvalue weighted by molar-refractivity contribution is 5.54. The van der Waals surface area contributed by atoms with Gasteiger partial charge in [-0.15, -0.1) is 0 Å². The summed E-state index contributed by atoms with van der Waals surface area (Å²) < 4.78 is 3.38. The molecule has 1 aromatic carbocycles. The zero-order valence-electron chi connectivity index (χ0n) is 19.4. The van der Waals surface area contributed by atoms with Gasteiger partial charge in [0.1, 0.15) is 5.60 Å². The van der Waals surface area contributed by atoms with Gasteiger partial charge in [-0.1, -0.05) is 18.2 Å². The first-order chi connectivity index (χ1) is 15.2. The van der Waals surface area contributed by atoms with Crippen LogP contribution in [0.5, 0.6) is 0 Å². The lowest BCUT2D eigenvalue weighted by atomic mass is 10.0. The number of piperazine rings is 1. The van der Waals surface area contributed by atoms with Crippen molar-refractivity contribution in [3.8, 4) is 5.69 Å². The molecule has 0 saturated carbocycles. The van der Waals surface area contributed by atoms with Gasteiger partial charge >= 0.3 is 5.69 Å². The summed E-state index contributed by atoms with van der Waals surface area (Å²) in [5.41, 5.74) is 2.69. The smallest absolute Gasteiger partial charge is 0.333 e. The first-order valence-electron chi connectivity index (χ1n) is 11.2. The average Bonchev–Trinajstić information content (AvgIpc) is 3.16. The Morgan fingerprint density at radius 1 is 1.06 bits per heavy atom. The third-order valence-corrected chi connectivity index (χ3v) is 6.28. The highest BCUT2D eigenvalue weighted by atomic mass is 16.3. The van der Waals surface area contributed by atoms with Gasteiger partial charge in [0, 0.05) is 50.3 Å². The van der Waals surface area contributed by atoms with Crippen LogP contribution in [0.1, 0.15) is 38.1 Å². The number of aliphatic hydroxyl groups is 1. The Hall–Kier alpha value is -2.90. The van der Waals surface area contributed by atoms with E-state index in [1.165, 1.54) is 11.3 Å². The number of hydrogen-bond acceptors (Lipinski definition) is 5. The van der Waals surface area contributed by atoms with Crippen LogP contribution in [0.25, 0.3) is 5.69 Å². The van der Waals surface area contributed by atoms with Crippen molar-refractivity contribution in [1.82, 2.24) is 19.0 Å². The van der Waals surface area contributed by atoms with Gasteiger partial charge in [-0.2, -0.15) is 0 Å². The first kappa shape index (κ1) is 22.3. The van der Waals surface area contributed by atoms with Crippen molar-refractivity contribution in [3.63, 3.8) is 0 Å². The largest absolute Gasteiger partial charge is 0.384 e. The molecule has 3 heterocycles. The van der Waals surface area contributed by atoms with Crippen molar-refractivity contribution in [3.05, 3.63) is 76.7 Å². The molecule has 170 valence electrons. The minimum Gasteiger partial charge on any atom is -0.384 e. The van der Waals surface area contributed by atoms with E-state index in [2.05, 4.69) is 53.0 Å². The second-order valence-electron chi connectivity index (χ2n) is 9.29. The molecule has 1 saturated heterocycles. The molecule has 2 aromatic heterocycles. The van der Waals surface area contributed by atoms with E-state index in [0.717, 1.165) is 32.6 Å². The lowest BCUT2D eigenvalue weighted by Gasteiger charge is -2.35. The summed E-state index contributed by atoms with van der Waals surface area (Å²) in [5.74, 6) is 0. The van der Waals surface area contributed by atoms with E-state index < -0.39 is 5.60 Å². The number of rotatable bonds is 6. The Balaban J connectivity index is 1.54. The molecule has 0 amide bonds. The average molecular weight is 436 g/mol. The molecule has 1 aliphatic rings. The van der Waals surface area contributed by atoms with Gasteiger partial charge in [-0.05, 0) is 58.0 Å². The topological polar surface area (TPSA) is 66.5 Å². The number of para-hydroxylation sites is 1. The second kappa shape index (κ2) is 8.92. The van der Waals surface area contributed by atoms with Crippen LogP contribution in [-0.2, 0) is 12.0 Å². The summed E-state index contributed by atoms with van der Waals surface area (Å²) in [6.45, 7) is 9.64. The SMILES string of the molecule is CC(Cc1ccccc1N1CCN(C)CC1)n1ccn(-c2ccc(C(C)(C)O)nc2)c1=O. The fourth-order valence-corrected chi connectivity index (χ4v) is 4.27. The number of hydrogen-bond donors (Lipinski definition) is 1. The molecular formula is C25H33N5O2. The number of imidazole rings is 1. The van der Waals surface area contributed by atoms with Crippen LogP contribution in [0.15, 0.2) is 59.8 Å². The van der Waals surface area contributed by atoms with Gasteiger partial charge in [0.2, 0.25) is 0 Å². The van der Waals surface area contributed by atoms with Gasteiger partial charge in [0.05, 0.1) is 17.6 Å². The van der Waals surface area contributed by atoms with Gasteiger partial charge in [0.25, 0.3) is 0 Å². The van der Waals surface area contributed by atoms with Gasteiger partial charge in [-0.25, -0.2) is 4.79 Å². The number of likely N-dealkylation sites (N-methyl/N-ethyl adjacent to an activating group) is 1. The van der Waals surface area contributed by atoms with E-state index >= 15 is 0 Å². The zero-order valence-corrected chi connectivity index (χ0v) is 19.4. The molecular weight excluding hydrogens is 402 g/mol. The van der Waals surface area contributed by atoms with E-state index in [4.69, 9.17) is 0 Å². The number of nitrogens with zero attached hydrogens (tertiary/aromatic N) is 5. The molecule has 4 rings (SSSR count). The highest BCUT2D eigenvalue weighted by Gasteiger charge is 2.20. The number of anilines is 1. The van der Waals surface area contributed by atoms with E-state index in [1.54, 1.807) is 41.4 Å². The monoisotopic (exact) mass is 435 g/mol. The summed E-state index contributed by atoms with van der Waals surface area (Å²) in [6.07, 6.45) is 6.04. The molecule has 0 spiro atoms. The maximum atomic E-state index is 13.1. The van der Waals surface area contributed by atoms with Crippen molar-refractivity contribution in [2.24, 2.45) is 0 Å². The van der Waals surface area contributed by atoms with E-state index in [-0.39, 0.29) is 11.7 Å². The van der Waals surface area contributed by atoms with Gasteiger partial charge < -0.3 is 14.9 Å². The van der Waals surface area contributed by atoms with Crippen molar-refractivity contribution in [1.29, 1.82) is 0 Å². The maximum absolute atomic E-state index is 13.1. The number of aromatic nitrogens is 3. The summed E-state index contributed by atoms with van der Waals surface area (Å²) in [4.78, 5) is 22.3. The number of benzene rings is 1. The minimum absolute atomic E-state index is 0.0148. The van der Waals surface area contributed by atoms with Crippen LogP contribution in [0.3, 0.4) is 0 Å². The number of pyridine rings is 1. The van der Waals surface area contributed by atoms with Crippen molar-refractivity contribution < 1.29 is 5.11 Å². The van der Waals surface area contributed by atoms with Crippen molar-refractivity contribution in [2.45, 2.75) is 38.8 Å². The van der Waals surface area contributed by atoms with E-state index in [9.17, 15) is 9.90 Å². The minimum atomic E-state index is -1.01. The quantitative estimate of drug-likeness (QED) is 0.645. The fourth-order valence-electron chi connectivity index (χ4n) is 4.27. The maximum Gasteiger partial charge on any atom is 0.333 e. The molecule has 1 N–H and O–H groups in total. The summed E-state index contributed by atoms with van der Waals surface area (Å²) in [6, 6.07) is 12.1. The Bertz CT molecular complexity index is 1100. The standard InChI is InChI=1S/C25H33N5O2/c1-19(17-20-7-5-6-8-22(20)28-13-11-27(4)12-14-28)29-15-16-30(24(29)31)21-9-10-23(26-18-21)25(2,3)32/h5-10,15-16,18-19,32H,11-14,17H2,1-4H3. The van der Waals surface area contributed by atoms with Crippen molar-refractivity contribution in [2.75, 3.05) is 38.1 Å². The lowest BCUT2D eigenvalue weighted by Crippen LogP contribution is -2.44. The van der Waals surface area contributed by atoms with Crippen LogP contribution >= 0.6 is 0 Å². The molecule has 0 bridgehead atoms. The second-order valence-corrected chi connectivity index (χ2v) is 9.29. The molecule has 0 aliphatic carbocycles. The molecule has 0 radical (unpaired) electrons. The molecule has 3 aromatic rings. The van der Waals surface area contributed by atoms with Crippen LogP contribution in [-0.4, -0.2) is 57.4 Å².